The molecule has 1 fully saturated rings. The van der Waals surface area contributed by atoms with Gasteiger partial charge in [-0.25, -0.2) is 0 Å². The van der Waals surface area contributed by atoms with Crippen molar-refractivity contribution in [1.82, 2.24) is 15.0 Å². The second kappa shape index (κ2) is 9.00. The molecule has 2 aliphatic rings. The molecule has 5 rings (SSSR count). The number of carbonyl (C=O) groups excluding carboxylic acids is 1. The zero-order valence-electron chi connectivity index (χ0n) is 18.0. The minimum Gasteiger partial charge on any atom is -0.486 e. The smallest absolute Gasteiger partial charge is 0.241 e. The molecule has 3 heterocycles. The maximum absolute atomic E-state index is 12.9. The van der Waals surface area contributed by atoms with Crippen LogP contribution in [0.2, 0.25) is 0 Å². The molecule has 32 heavy (non-hydrogen) atoms. The van der Waals surface area contributed by atoms with Gasteiger partial charge in [0, 0.05) is 23.9 Å². The van der Waals surface area contributed by atoms with E-state index in [4.69, 9.17) is 14.0 Å². The molecule has 3 aromatic rings. The number of nitrogens with zero attached hydrogens (tertiary/aromatic N) is 3. The largest absolute Gasteiger partial charge is 0.486 e. The Kier molecular flexibility index (Phi) is 5.77. The molecular weight excluding hydrogens is 408 g/mol. The van der Waals surface area contributed by atoms with Gasteiger partial charge < -0.3 is 19.3 Å². The summed E-state index contributed by atoms with van der Waals surface area (Å²) in [4.78, 5) is 19.6. The van der Waals surface area contributed by atoms with Gasteiger partial charge in [-0.1, -0.05) is 35.0 Å². The van der Waals surface area contributed by atoms with Gasteiger partial charge in [0.2, 0.25) is 17.6 Å². The van der Waals surface area contributed by atoms with Crippen LogP contribution < -0.4 is 14.8 Å². The van der Waals surface area contributed by atoms with E-state index in [0.29, 0.717) is 49.5 Å². The molecule has 1 amide bonds. The van der Waals surface area contributed by atoms with Gasteiger partial charge in [-0.05, 0) is 38.4 Å². The number of aryl methyl sites for hydroxylation is 1. The van der Waals surface area contributed by atoms with Crippen LogP contribution in [-0.2, 0) is 11.3 Å². The van der Waals surface area contributed by atoms with Crippen LogP contribution in [0.5, 0.6) is 11.5 Å². The number of nitrogens with one attached hydrogen (secondary N) is 1. The van der Waals surface area contributed by atoms with Crippen LogP contribution in [0.15, 0.2) is 47.0 Å². The zero-order valence-corrected chi connectivity index (χ0v) is 18.0. The van der Waals surface area contributed by atoms with Gasteiger partial charge in [0.25, 0.3) is 0 Å². The minimum atomic E-state index is -0.101. The molecule has 0 radical (unpaired) electrons. The lowest BCUT2D eigenvalue weighted by atomic mass is 9.97. The van der Waals surface area contributed by atoms with Gasteiger partial charge in [-0.2, -0.15) is 4.98 Å². The molecule has 166 valence electrons. The maximum atomic E-state index is 12.9. The van der Waals surface area contributed by atoms with Crippen LogP contribution in [0.25, 0.3) is 11.4 Å². The number of rotatable bonds is 5. The summed E-state index contributed by atoms with van der Waals surface area (Å²) in [5.41, 5.74) is 2.84. The first kappa shape index (κ1) is 20.5. The van der Waals surface area contributed by atoms with E-state index in [9.17, 15) is 4.79 Å². The van der Waals surface area contributed by atoms with Crippen LogP contribution in [0.4, 0.5) is 5.69 Å². The molecule has 0 spiro atoms. The summed E-state index contributed by atoms with van der Waals surface area (Å²) in [6.45, 7) is 5.19. The van der Waals surface area contributed by atoms with Crippen molar-refractivity contribution in [3.05, 3.63) is 53.9 Å². The van der Waals surface area contributed by atoms with E-state index in [0.717, 1.165) is 30.6 Å². The average Bonchev–Trinajstić information content (AvgIpc) is 3.28. The van der Waals surface area contributed by atoms with Gasteiger partial charge in [0.15, 0.2) is 11.5 Å². The molecule has 2 aliphatic heterocycles. The van der Waals surface area contributed by atoms with Crippen molar-refractivity contribution in [2.45, 2.75) is 26.3 Å². The molecule has 0 bridgehead atoms. The standard InChI is InChI=1S/C24H26N4O4/c1-16-4-6-17(7-5-16)23-26-22(32-27-23)15-28-10-2-3-18(14-28)24(29)25-19-8-9-20-21(13-19)31-12-11-30-20/h4-9,13,18H,2-3,10-12,14-15H2,1H3,(H,25,29). The molecule has 1 unspecified atom stereocenters. The predicted molar refractivity (Wildman–Crippen MR) is 119 cm³/mol. The third-order valence-corrected chi connectivity index (χ3v) is 5.82. The predicted octanol–water partition coefficient (Wildman–Crippen LogP) is 3.67. The van der Waals surface area contributed by atoms with E-state index in [2.05, 4.69) is 20.4 Å². The van der Waals surface area contributed by atoms with Gasteiger partial charge in [-0.3, -0.25) is 9.69 Å². The highest BCUT2D eigenvalue weighted by atomic mass is 16.6. The maximum Gasteiger partial charge on any atom is 0.241 e. The number of piperidine rings is 1. The number of hydrogen-bond acceptors (Lipinski definition) is 7. The van der Waals surface area contributed by atoms with Crippen molar-refractivity contribution >= 4 is 11.6 Å². The third kappa shape index (κ3) is 4.60. The Labute approximate surface area is 186 Å². The number of ether oxygens (including phenoxy) is 2. The summed E-state index contributed by atoms with van der Waals surface area (Å²) in [5.74, 6) is 2.44. The fraction of sp³-hybridized carbons (Fsp3) is 0.375. The van der Waals surface area contributed by atoms with E-state index in [1.807, 2.05) is 49.4 Å². The Morgan fingerprint density at radius 3 is 2.78 bits per heavy atom. The second-order valence-corrected chi connectivity index (χ2v) is 8.30. The number of anilines is 1. The van der Waals surface area contributed by atoms with Crippen molar-refractivity contribution in [1.29, 1.82) is 0 Å². The highest BCUT2D eigenvalue weighted by Crippen LogP contribution is 2.33. The Hall–Kier alpha value is -3.39. The molecule has 8 heteroatoms. The summed E-state index contributed by atoms with van der Waals surface area (Å²) < 4.78 is 16.6. The first-order valence-corrected chi connectivity index (χ1v) is 11.0. The highest BCUT2D eigenvalue weighted by molar-refractivity contribution is 5.93. The Bertz CT molecular complexity index is 1100. The molecule has 0 saturated carbocycles. The van der Waals surface area contributed by atoms with E-state index in [1.165, 1.54) is 5.56 Å². The summed E-state index contributed by atoms with van der Waals surface area (Å²) in [7, 11) is 0. The summed E-state index contributed by atoms with van der Waals surface area (Å²) in [6, 6.07) is 13.5. The molecule has 0 aliphatic carbocycles. The topological polar surface area (TPSA) is 89.7 Å². The molecule has 1 N–H and O–H groups in total. The van der Waals surface area contributed by atoms with E-state index < -0.39 is 0 Å². The van der Waals surface area contributed by atoms with E-state index >= 15 is 0 Å². The Balaban J connectivity index is 1.19. The van der Waals surface area contributed by atoms with Gasteiger partial charge in [0.05, 0.1) is 12.5 Å². The van der Waals surface area contributed by atoms with Crippen molar-refractivity contribution in [3.8, 4) is 22.9 Å². The van der Waals surface area contributed by atoms with Gasteiger partial charge in [0.1, 0.15) is 13.2 Å². The monoisotopic (exact) mass is 434 g/mol. The van der Waals surface area contributed by atoms with Crippen LogP contribution in [0.3, 0.4) is 0 Å². The second-order valence-electron chi connectivity index (χ2n) is 8.30. The van der Waals surface area contributed by atoms with E-state index in [1.54, 1.807) is 0 Å². The van der Waals surface area contributed by atoms with Crippen molar-refractivity contribution < 1.29 is 18.8 Å². The first-order chi connectivity index (χ1) is 15.6. The number of hydrogen-bond donors (Lipinski definition) is 1. The van der Waals surface area contributed by atoms with Gasteiger partial charge in [-0.15, -0.1) is 0 Å². The molecular formula is C24H26N4O4. The summed E-state index contributed by atoms with van der Waals surface area (Å²) in [5, 5.41) is 7.14. The quantitative estimate of drug-likeness (QED) is 0.655. The normalized spacial score (nSPS) is 18.3. The summed E-state index contributed by atoms with van der Waals surface area (Å²) in [6.07, 6.45) is 1.80. The van der Waals surface area contributed by atoms with Gasteiger partial charge >= 0.3 is 0 Å². The number of fused-ring (bicyclic) bond motifs is 1. The first-order valence-electron chi connectivity index (χ1n) is 11.0. The van der Waals surface area contributed by atoms with Crippen molar-refractivity contribution in [2.24, 2.45) is 5.92 Å². The molecule has 1 atom stereocenters. The summed E-state index contributed by atoms with van der Waals surface area (Å²) >= 11 is 0. The van der Waals surface area contributed by atoms with Crippen LogP contribution >= 0.6 is 0 Å². The Morgan fingerprint density at radius 2 is 1.94 bits per heavy atom. The molecule has 2 aromatic carbocycles. The van der Waals surface area contributed by atoms with Crippen LogP contribution in [0.1, 0.15) is 24.3 Å². The third-order valence-electron chi connectivity index (χ3n) is 5.82. The number of aromatic nitrogens is 2. The lowest BCUT2D eigenvalue weighted by molar-refractivity contribution is -0.121. The van der Waals surface area contributed by atoms with Crippen molar-refractivity contribution in [3.63, 3.8) is 0 Å². The lowest BCUT2D eigenvalue weighted by Crippen LogP contribution is -2.40. The highest BCUT2D eigenvalue weighted by Gasteiger charge is 2.27. The number of likely N-dealkylation sites (tertiary alicyclic amines) is 1. The molecule has 1 aromatic heterocycles. The molecule has 8 nitrogen and oxygen atoms in total. The fourth-order valence-electron chi connectivity index (χ4n) is 4.11. The zero-order chi connectivity index (χ0) is 21.9. The minimum absolute atomic E-state index is 0.0113. The number of benzene rings is 2. The van der Waals surface area contributed by atoms with E-state index in [-0.39, 0.29) is 11.8 Å². The average molecular weight is 434 g/mol. The number of amides is 1. The lowest BCUT2D eigenvalue weighted by Gasteiger charge is -2.31. The number of carbonyl (C=O) groups is 1. The van der Waals surface area contributed by atoms with Crippen molar-refractivity contribution in [2.75, 3.05) is 31.6 Å². The molecule has 1 saturated heterocycles. The fourth-order valence-corrected chi connectivity index (χ4v) is 4.11. The Morgan fingerprint density at radius 1 is 1.12 bits per heavy atom. The SMILES string of the molecule is Cc1ccc(-c2noc(CN3CCCC(C(=O)Nc4ccc5c(c4)OCCO5)C3)n2)cc1. The van der Waals surface area contributed by atoms with Crippen LogP contribution in [0, 0.1) is 12.8 Å². The van der Waals surface area contributed by atoms with Crippen LogP contribution in [-0.4, -0.2) is 47.3 Å².